The highest BCUT2D eigenvalue weighted by atomic mass is 16.6. The molecular formula is C12H15N4O4+. The number of nitro groups is 1. The number of amides is 2. The number of benzene rings is 1. The van der Waals surface area contributed by atoms with Gasteiger partial charge in [0.15, 0.2) is 6.04 Å². The van der Waals surface area contributed by atoms with Crippen molar-refractivity contribution in [2.24, 2.45) is 0 Å². The van der Waals surface area contributed by atoms with Gasteiger partial charge in [0.2, 0.25) is 5.91 Å². The SMILES string of the molecule is O=C(C[C@@H]1[NH2+]CCNC1=O)Nc1ccccc1[N+](=O)[O-]. The summed E-state index contributed by atoms with van der Waals surface area (Å²) in [6.07, 6.45) is -0.0160. The third-order valence-electron chi connectivity index (χ3n) is 3.01. The zero-order chi connectivity index (χ0) is 14.5. The number of anilines is 1. The third kappa shape index (κ3) is 3.29. The molecule has 1 fully saturated rings. The summed E-state index contributed by atoms with van der Waals surface area (Å²) in [4.78, 5) is 33.7. The molecule has 2 rings (SSSR count). The standard InChI is InChI=1S/C12H14N4O4/c17-11(7-9-12(18)14-6-5-13-9)15-8-3-1-2-4-10(8)16(19)20/h1-4,9,13H,5-7H2,(H,14,18)(H,15,17)/p+1/t9-/m0/s1. The van der Waals surface area contributed by atoms with Crippen molar-refractivity contribution in [1.82, 2.24) is 5.32 Å². The molecule has 1 heterocycles. The minimum Gasteiger partial charge on any atom is -0.345 e. The van der Waals surface area contributed by atoms with Crippen molar-refractivity contribution in [2.75, 3.05) is 18.4 Å². The predicted molar refractivity (Wildman–Crippen MR) is 69.9 cm³/mol. The summed E-state index contributed by atoms with van der Waals surface area (Å²) < 4.78 is 0. The summed E-state index contributed by atoms with van der Waals surface area (Å²) in [6.45, 7) is 1.30. The quantitative estimate of drug-likeness (QED) is 0.483. The molecule has 0 aliphatic carbocycles. The smallest absolute Gasteiger partial charge is 0.292 e. The van der Waals surface area contributed by atoms with Crippen molar-refractivity contribution in [3.05, 3.63) is 34.4 Å². The van der Waals surface area contributed by atoms with E-state index in [2.05, 4.69) is 10.6 Å². The van der Waals surface area contributed by atoms with Crippen LogP contribution in [0.3, 0.4) is 0 Å². The number of nitro benzene ring substituents is 1. The number of nitrogens with two attached hydrogens (primary N) is 1. The molecule has 1 aliphatic heterocycles. The Morgan fingerprint density at radius 2 is 2.25 bits per heavy atom. The maximum Gasteiger partial charge on any atom is 0.292 e. The molecule has 2 amide bonds. The van der Waals surface area contributed by atoms with E-state index in [0.717, 1.165) is 6.54 Å². The van der Waals surface area contributed by atoms with Crippen LogP contribution >= 0.6 is 0 Å². The minimum atomic E-state index is -0.560. The summed E-state index contributed by atoms with van der Waals surface area (Å²) >= 11 is 0. The van der Waals surface area contributed by atoms with Gasteiger partial charge in [-0.05, 0) is 6.07 Å². The Morgan fingerprint density at radius 1 is 1.50 bits per heavy atom. The first kappa shape index (κ1) is 13.9. The number of rotatable bonds is 4. The topological polar surface area (TPSA) is 118 Å². The lowest BCUT2D eigenvalue weighted by Crippen LogP contribution is -2.96. The molecule has 0 bridgehead atoms. The molecule has 0 unspecified atom stereocenters. The van der Waals surface area contributed by atoms with Gasteiger partial charge in [-0.2, -0.15) is 0 Å². The van der Waals surface area contributed by atoms with Crippen LogP contribution in [-0.4, -0.2) is 35.9 Å². The maximum absolute atomic E-state index is 11.9. The molecule has 1 atom stereocenters. The van der Waals surface area contributed by atoms with Gasteiger partial charge in [0.25, 0.3) is 11.6 Å². The summed E-state index contributed by atoms with van der Waals surface area (Å²) in [5, 5.41) is 17.8. The van der Waals surface area contributed by atoms with Gasteiger partial charge in [-0.3, -0.25) is 19.7 Å². The summed E-state index contributed by atoms with van der Waals surface area (Å²) in [5.41, 5.74) is -0.0309. The van der Waals surface area contributed by atoms with E-state index >= 15 is 0 Å². The van der Waals surface area contributed by atoms with Crippen LogP contribution in [-0.2, 0) is 9.59 Å². The van der Waals surface area contributed by atoms with Crippen molar-refractivity contribution >= 4 is 23.2 Å². The van der Waals surface area contributed by atoms with Crippen LogP contribution in [0.5, 0.6) is 0 Å². The molecule has 1 aliphatic rings. The van der Waals surface area contributed by atoms with Crippen LogP contribution in [0, 0.1) is 10.1 Å². The normalized spacial score (nSPS) is 18.2. The van der Waals surface area contributed by atoms with Gasteiger partial charge in [0.1, 0.15) is 5.69 Å². The predicted octanol–water partition coefficient (Wildman–Crippen LogP) is -1.01. The van der Waals surface area contributed by atoms with Gasteiger partial charge in [-0.25, -0.2) is 0 Å². The Hall–Kier alpha value is -2.48. The van der Waals surface area contributed by atoms with Crippen molar-refractivity contribution in [1.29, 1.82) is 0 Å². The van der Waals surface area contributed by atoms with Gasteiger partial charge in [-0.1, -0.05) is 12.1 Å². The Kier molecular flexibility index (Phi) is 4.26. The molecule has 0 aromatic heterocycles. The van der Waals surface area contributed by atoms with Crippen LogP contribution in [0.15, 0.2) is 24.3 Å². The van der Waals surface area contributed by atoms with Crippen molar-refractivity contribution in [2.45, 2.75) is 12.5 Å². The lowest BCUT2D eigenvalue weighted by atomic mass is 10.1. The number of quaternary nitrogens is 1. The number of nitrogens with one attached hydrogen (secondary N) is 2. The molecule has 1 aromatic carbocycles. The first-order valence-electron chi connectivity index (χ1n) is 6.22. The molecule has 1 aromatic rings. The largest absolute Gasteiger partial charge is 0.345 e. The summed E-state index contributed by atoms with van der Waals surface area (Å²) in [6, 6.07) is 5.42. The molecule has 20 heavy (non-hydrogen) atoms. The summed E-state index contributed by atoms with van der Waals surface area (Å²) in [7, 11) is 0. The van der Waals surface area contributed by atoms with Crippen molar-refractivity contribution in [3.8, 4) is 0 Å². The van der Waals surface area contributed by atoms with Gasteiger partial charge < -0.3 is 16.0 Å². The van der Waals surface area contributed by atoms with E-state index in [1.807, 2.05) is 0 Å². The zero-order valence-electron chi connectivity index (χ0n) is 10.7. The molecule has 0 spiro atoms. The molecule has 8 heteroatoms. The average molecular weight is 279 g/mol. The monoisotopic (exact) mass is 279 g/mol. The van der Waals surface area contributed by atoms with Crippen LogP contribution < -0.4 is 16.0 Å². The Balaban J connectivity index is 2.01. The van der Waals surface area contributed by atoms with E-state index in [0.29, 0.717) is 6.54 Å². The highest BCUT2D eigenvalue weighted by molar-refractivity contribution is 5.96. The average Bonchev–Trinajstić information content (AvgIpc) is 2.41. The second-order valence-corrected chi connectivity index (χ2v) is 4.45. The van der Waals surface area contributed by atoms with E-state index < -0.39 is 16.9 Å². The highest BCUT2D eigenvalue weighted by Crippen LogP contribution is 2.23. The fourth-order valence-electron chi connectivity index (χ4n) is 2.03. The Morgan fingerprint density at radius 3 is 2.95 bits per heavy atom. The van der Waals surface area contributed by atoms with Crippen LogP contribution in [0.25, 0.3) is 0 Å². The van der Waals surface area contributed by atoms with Gasteiger partial charge in [0.05, 0.1) is 24.4 Å². The molecule has 106 valence electrons. The van der Waals surface area contributed by atoms with E-state index in [-0.39, 0.29) is 23.7 Å². The highest BCUT2D eigenvalue weighted by Gasteiger charge is 2.28. The van der Waals surface area contributed by atoms with Gasteiger partial charge in [-0.15, -0.1) is 0 Å². The maximum atomic E-state index is 11.9. The fourth-order valence-corrected chi connectivity index (χ4v) is 2.03. The van der Waals surface area contributed by atoms with Crippen LogP contribution in [0.4, 0.5) is 11.4 Å². The number of nitrogens with zero attached hydrogens (tertiary/aromatic N) is 1. The molecule has 0 radical (unpaired) electrons. The first-order valence-corrected chi connectivity index (χ1v) is 6.22. The number of hydrogen-bond donors (Lipinski definition) is 3. The van der Waals surface area contributed by atoms with Gasteiger partial charge in [0, 0.05) is 6.07 Å². The zero-order valence-corrected chi connectivity index (χ0v) is 10.7. The number of hydrogen-bond acceptors (Lipinski definition) is 4. The first-order chi connectivity index (χ1) is 9.58. The number of carbonyl (C=O) groups excluding carboxylic acids is 2. The van der Waals surface area contributed by atoms with Crippen LogP contribution in [0.1, 0.15) is 6.42 Å². The van der Waals surface area contributed by atoms with E-state index in [1.165, 1.54) is 18.2 Å². The second-order valence-electron chi connectivity index (χ2n) is 4.45. The van der Waals surface area contributed by atoms with Crippen molar-refractivity contribution < 1.29 is 19.8 Å². The van der Waals surface area contributed by atoms with E-state index in [9.17, 15) is 19.7 Å². The number of carbonyl (C=O) groups is 2. The van der Waals surface area contributed by atoms with E-state index in [1.54, 1.807) is 11.4 Å². The van der Waals surface area contributed by atoms with Crippen molar-refractivity contribution in [3.63, 3.8) is 0 Å². The van der Waals surface area contributed by atoms with E-state index in [4.69, 9.17) is 0 Å². The minimum absolute atomic E-state index is 0.0160. The molecule has 8 nitrogen and oxygen atoms in total. The Bertz CT molecular complexity index is 546. The van der Waals surface area contributed by atoms with Crippen LogP contribution in [0.2, 0.25) is 0 Å². The molecule has 0 saturated carbocycles. The third-order valence-corrected chi connectivity index (χ3v) is 3.01. The molecule has 4 N–H and O–H groups in total. The lowest BCUT2D eigenvalue weighted by molar-refractivity contribution is -0.678. The lowest BCUT2D eigenvalue weighted by Gasteiger charge is -2.19. The number of para-hydroxylation sites is 2. The fraction of sp³-hybridized carbons (Fsp3) is 0.333. The van der Waals surface area contributed by atoms with Gasteiger partial charge >= 0.3 is 0 Å². The Labute approximate surface area is 114 Å². The number of piperazine rings is 1. The molecular weight excluding hydrogens is 264 g/mol. The molecule has 1 saturated heterocycles. The summed E-state index contributed by atoms with van der Waals surface area (Å²) in [5.74, 6) is -0.605. The second kappa shape index (κ2) is 6.11.